The van der Waals surface area contributed by atoms with Crippen LogP contribution in [0, 0.1) is 0 Å². The molecule has 2 rings (SSSR count). The van der Waals surface area contributed by atoms with Crippen molar-refractivity contribution in [2.24, 2.45) is 0 Å². The zero-order chi connectivity index (χ0) is 14.8. The normalized spacial score (nSPS) is 24.6. The number of hydrogen-bond acceptors (Lipinski definition) is 6. The van der Waals surface area contributed by atoms with E-state index in [9.17, 15) is 8.42 Å². The van der Waals surface area contributed by atoms with E-state index in [0.29, 0.717) is 25.6 Å². The zero-order valence-corrected chi connectivity index (χ0v) is 12.7. The number of morpholine rings is 1. The molecule has 0 amide bonds. The Balaban J connectivity index is 2.21. The van der Waals surface area contributed by atoms with Gasteiger partial charge in [0.1, 0.15) is 4.90 Å². The van der Waals surface area contributed by atoms with Gasteiger partial charge >= 0.3 is 0 Å². The summed E-state index contributed by atoms with van der Waals surface area (Å²) in [6.45, 7) is 7.03. The van der Waals surface area contributed by atoms with E-state index in [0.717, 1.165) is 0 Å². The minimum atomic E-state index is -3.56. The minimum absolute atomic E-state index is 0.112. The van der Waals surface area contributed by atoms with Crippen molar-refractivity contribution in [3.63, 3.8) is 0 Å². The first-order valence-corrected chi connectivity index (χ1v) is 8.09. The van der Waals surface area contributed by atoms with Crippen LogP contribution < -0.4 is 5.32 Å². The summed E-state index contributed by atoms with van der Waals surface area (Å²) in [5.74, 6) is 0.426. The van der Waals surface area contributed by atoms with Gasteiger partial charge in [-0.1, -0.05) is 0 Å². The Morgan fingerprint density at radius 2 is 1.85 bits per heavy atom. The molecule has 7 nitrogen and oxygen atoms in total. The molecule has 0 spiro atoms. The third-order valence-corrected chi connectivity index (χ3v) is 4.77. The van der Waals surface area contributed by atoms with Crippen LogP contribution in [0.2, 0.25) is 0 Å². The van der Waals surface area contributed by atoms with Crippen molar-refractivity contribution in [3.8, 4) is 0 Å². The van der Waals surface area contributed by atoms with E-state index in [1.807, 2.05) is 20.8 Å². The van der Waals surface area contributed by atoms with Crippen molar-refractivity contribution in [2.75, 3.05) is 25.0 Å². The molecule has 2 unspecified atom stereocenters. The predicted octanol–water partition coefficient (Wildman–Crippen LogP) is 0.706. The molecule has 0 aliphatic carbocycles. The van der Waals surface area contributed by atoms with Crippen molar-refractivity contribution in [3.05, 3.63) is 12.4 Å². The lowest BCUT2D eigenvalue weighted by Gasteiger charge is -2.34. The van der Waals surface area contributed by atoms with Crippen LogP contribution in [0.4, 0.5) is 5.95 Å². The van der Waals surface area contributed by atoms with Crippen LogP contribution in [0.1, 0.15) is 20.8 Å². The standard InChI is InChI=1S/C12H20N4O3S/c1-4-13-12-14-5-11(6-15-12)20(17,18)16-7-9(2)19-10(3)8-16/h5-6,9-10H,4,7-8H2,1-3H3,(H,13,14,15). The van der Waals surface area contributed by atoms with Crippen LogP contribution in [0.15, 0.2) is 17.3 Å². The molecule has 8 heteroatoms. The molecule has 1 aromatic heterocycles. The van der Waals surface area contributed by atoms with Crippen LogP contribution >= 0.6 is 0 Å². The maximum Gasteiger partial charge on any atom is 0.246 e. The van der Waals surface area contributed by atoms with Gasteiger partial charge in [-0.05, 0) is 20.8 Å². The molecule has 1 aliphatic rings. The monoisotopic (exact) mass is 300 g/mol. The number of hydrogen-bond donors (Lipinski definition) is 1. The molecule has 0 aromatic carbocycles. The third-order valence-electron chi connectivity index (χ3n) is 2.99. The number of sulfonamides is 1. The first-order chi connectivity index (χ1) is 9.43. The quantitative estimate of drug-likeness (QED) is 0.881. The van der Waals surface area contributed by atoms with Crippen LogP contribution in [0.25, 0.3) is 0 Å². The highest BCUT2D eigenvalue weighted by atomic mass is 32.2. The first-order valence-electron chi connectivity index (χ1n) is 6.65. The molecular weight excluding hydrogens is 280 g/mol. The zero-order valence-electron chi connectivity index (χ0n) is 11.9. The molecule has 0 saturated carbocycles. The van der Waals surface area contributed by atoms with Crippen LogP contribution in [0.5, 0.6) is 0 Å². The second-order valence-electron chi connectivity index (χ2n) is 4.85. The van der Waals surface area contributed by atoms with Gasteiger partial charge in [0, 0.05) is 19.6 Å². The Morgan fingerprint density at radius 1 is 1.30 bits per heavy atom. The Kier molecular flexibility index (Phi) is 4.56. The van der Waals surface area contributed by atoms with Gasteiger partial charge < -0.3 is 10.1 Å². The van der Waals surface area contributed by atoms with E-state index in [2.05, 4.69) is 15.3 Å². The summed E-state index contributed by atoms with van der Waals surface area (Å²) < 4.78 is 32.0. The molecule has 2 heterocycles. The first kappa shape index (κ1) is 15.1. The molecule has 0 bridgehead atoms. The fourth-order valence-corrected chi connectivity index (χ4v) is 3.66. The molecule has 1 aromatic rings. The number of aromatic nitrogens is 2. The van der Waals surface area contributed by atoms with Gasteiger partial charge in [0.25, 0.3) is 0 Å². The summed E-state index contributed by atoms with van der Waals surface area (Å²) in [5.41, 5.74) is 0. The van der Waals surface area contributed by atoms with Crippen molar-refractivity contribution in [2.45, 2.75) is 37.9 Å². The molecule has 1 N–H and O–H groups in total. The number of nitrogens with zero attached hydrogens (tertiary/aromatic N) is 3. The summed E-state index contributed by atoms with van der Waals surface area (Å²) in [6.07, 6.45) is 2.45. The lowest BCUT2D eigenvalue weighted by molar-refractivity contribution is -0.0440. The lowest BCUT2D eigenvalue weighted by Crippen LogP contribution is -2.48. The van der Waals surface area contributed by atoms with E-state index >= 15 is 0 Å². The van der Waals surface area contributed by atoms with E-state index in [1.54, 1.807) is 0 Å². The molecule has 20 heavy (non-hydrogen) atoms. The number of anilines is 1. The average molecular weight is 300 g/mol. The fraction of sp³-hybridized carbons (Fsp3) is 0.667. The fourth-order valence-electron chi connectivity index (χ4n) is 2.17. The van der Waals surface area contributed by atoms with Crippen molar-refractivity contribution in [1.82, 2.24) is 14.3 Å². The molecule has 112 valence electrons. The van der Waals surface area contributed by atoms with E-state index in [1.165, 1.54) is 16.7 Å². The van der Waals surface area contributed by atoms with Gasteiger partial charge in [-0.25, -0.2) is 18.4 Å². The SMILES string of the molecule is CCNc1ncc(S(=O)(=O)N2CC(C)OC(C)C2)cn1. The van der Waals surface area contributed by atoms with Gasteiger partial charge in [0.05, 0.1) is 24.6 Å². The maximum absolute atomic E-state index is 12.5. The molecule has 1 fully saturated rings. The number of ether oxygens (including phenoxy) is 1. The van der Waals surface area contributed by atoms with Crippen molar-refractivity contribution >= 4 is 16.0 Å². The van der Waals surface area contributed by atoms with E-state index in [-0.39, 0.29) is 17.1 Å². The summed E-state index contributed by atoms with van der Waals surface area (Å²) in [7, 11) is -3.56. The van der Waals surface area contributed by atoms with Crippen LogP contribution in [0.3, 0.4) is 0 Å². The average Bonchev–Trinajstić information content (AvgIpc) is 2.38. The Labute approximate surface area is 119 Å². The van der Waals surface area contributed by atoms with Gasteiger partial charge in [-0.2, -0.15) is 4.31 Å². The highest BCUT2D eigenvalue weighted by Gasteiger charge is 2.32. The summed E-state index contributed by atoms with van der Waals surface area (Å²) in [4.78, 5) is 8.13. The largest absolute Gasteiger partial charge is 0.373 e. The third kappa shape index (κ3) is 3.25. The smallest absolute Gasteiger partial charge is 0.246 e. The number of nitrogens with one attached hydrogen (secondary N) is 1. The Hall–Kier alpha value is -1.25. The molecule has 2 atom stereocenters. The Morgan fingerprint density at radius 3 is 2.35 bits per heavy atom. The highest BCUT2D eigenvalue weighted by Crippen LogP contribution is 2.20. The van der Waals surface area contributed by atoms with E-state index < -0.39 is 10.0 Å². The summed E-state index contributed by atoms with van der Waals surface area (Å²) in [5, 5.41) is 2.93. The van der Waals surface area contributed by atoms with Crippen molar-refractivity contribution < 1.29 is 13.2 Å². The topological polar surface area (TPSA) is 84.4 Å². The van der Waals surface area contributed by atoms with Crippen LogP contribution in [-0.2, 0) is 14.8 Å². The Bertz CT molecular complexity index is 536. The number of rotatable bonds is 4. The maximum atomic E-state index is 12.5. The molecule has 1 saturated heterocycles. The molecule has 0 radical (unpaired) electrons. The minimum Gasteiger partial charge on any atom is -0.373 e. The van der Waals surface area contributed by atoms with Gasteiger partial charge in [-0.3, -0.25) is 0 Å². The highest BCUT2D eigenvalue weighted by molar-refractivity contribution is 7.89. The summed E-state index contributed by atoms with van der Waals surface area (Å²) in [6, 6.07) is 0. The summed E-state index contributed by atoms with van der Waals surface area (Å²) >= 11 is 0. The molecule has 1 aliphatic heterocycles. The molecular formula is C12H20N4O3S. The van der Waals surface area contributed by atoms with Gasteiger partial charge in [0.15, 0.2) is 0 Å². The predicted molar refractivity (Wildman–Crippen MR) is 75.0 cm³/mol. The second kappa shape index (κ2) is 6.02. The van der Waals surface area contributed by atoms with Crippen molar-refractivity contribution in [1.29, 1.82) is 0 Å². The van der Waals surface area contributed by atoms with E-state index in [4.69, 9.17) is 4.74 Å². The lowest BCUT2D eigenvalue weighted by atomic mass is 10.3. The van der Waals surface area contributed by atoms with Crippen LogP contribution in [-0.4, -0.2) is 54.5 Å². The van der Waals surface area contributed by atoms with Gasteiger partial charge in [-0.15, -0.1) is 0 Å². The van der Waals surface area contributed by atoms with Gasteiger partial charge in [0.2, 0.25) is 16.0 Å². The second-order valence-corrected chi connectivity index (χ2v) is 6.79.